The van der Waals surface area contributed by atoms with Gasteiger partial charge in [0.25, 0.3) is 0 Å². The number of aldehydes is 1. The molecule has 0 saturated heterocycles. The Morgan fingerprint density at radius 3 is 2.93 bits per heavy atom. The first-order valence-electron chi connectivity index (χ1n) is 4.21. The minimum Gasteiger partial charge on any atom is -0.496 e. The summed E-state index contributed by atoms with van der Waals surface area (Å²) in [7, 11) is 3.38. The van der Waals surface area contributed by atoms with Gasteiger partial charge >= 0.3 is 0 Å². The van der Waals surface area contributed by atoms with E-state index in [4.69, 9.17) is 4.74 Å². The quantitative estimate of drug-likeness (QED) is 0.672. The van der Waals surface area contributed by atoms with E-state index in [1.807, 2.05) is 13.2 Å². The summed E-state index contributed by atoms with van der Waals surface area (Å²) in [5.41, 5.74) is 1.38. The largest absolute Gasteiger partial charge is 0.496 e. The molecule has 0 atom stereocenters. The maximum absolute atomic E-state index is 10.7. The summed E-state index contributed by atoms with van der Waals surface area (Å²) in [5.74, 6) is 0.561. The van der Waals surface area contributed by atoms with Crippen molar-refractivity contribution in [2.24, 2.45) is 7.05 Å². The molecule has 2 aromatic rings. The van der Waals surface area contributed by atoms with Crippen molar-refractivity contribution in [1.29, 1.82) is 0 Å². The standard InChI is InChI=1S/C10H10N2O2/c1-12-5-7-3-8(6-13)10(14-2)4-9(7)11-12/h3-6H,1-2H3. The number of aromatic nitrogens is 2. The van der Waals surface area contributed by atoms with E-state index in [0.717, 1.165) is 17.2 Å². The Bertz CT molecular complexity index is 488. The zero-order valence-corrected chi connectivity index (χ0v) is 8.02. The highest BCUT2D eigenvalue weighted by Crippen LogP contribution is 2.23. The Morgan fingerprint density at radius 2 is 2.29 bits per heavy atom. The topological polar surface area (TPSA) is 44.1 Å². The fourth-order valence-corrected chi connectivity index (χ4v) is 1.46. The normalized spacial score (nSPS) is 10.4. The highest BCUT2D eigenvalue weighted by atomic mass is 16.5. The Kier molecular flexibility index (Phi) is 1.96. The van der Waals surface area contributed by atoms with Crippen LogP contribution in [0, 0.1) is 0 Å². The highest BCUT2D eigenvalue weighted by molar-refractivity contribution is 5.90. The van der Waals surface area contributed by atoms with Crippen LogP contribution in [-0.4, -0.2) is 23.2 Å². The first-order chi connectivity index (χ1) is 6.74. The van der Waals surface area contributed by atoms with Gasteiger partial charge in [0.1, 0.15) is 5.75 Å². The van der Waals surface area contributed by atoms with E-state index in [-0.39, 0.29) is 0 Å². The number of carbonyl (C=O) groups is 1. The summed E-state index contributed by atoms with van der Waals surface area (Å²) in [4.78, 5) is 10.7. The van der Waals surface area contributed by atoms with Crippen LogP contribution in [0.25, 0.3) is 10.9 Å². The van der Waals surface area contributed by atoms with Gasteiger partial charge < -0.3 is 4.74 Å². The van der Waals surface area contributed by atoms with Crippen LogP contribution in [0.2, 0.25) is 0 Å². The van der Waals surface area contributed by atoms with Crippen LogP contribution < -0.4 is 4.74 Å². The zero-order valence-electron chi connectivity index (χ0n) is 8.02. The highest BCUT2D eigenvalue weighted by Gasteiger charge is 2.06. The number of rotatable bonds is 2. The molecule has 0 aliphatic rings. The molecule has 0 amide bonds. The number of hydrogen-bond acceptors (Lipinski definition) is 3. The van der Waals surface area contributed by atoms with E-state index in [0.29, 0.717) is 11.3 Å². The van der Waals surface area contributed by atoms with Gasteiger partial charge in [-0.25, -0.2) is 0 Å². The summed E-state index contributed by atoms with van der Waals surface area (Å²) < 4.78 is 6.78. The first-order valence-corrected chi connectivity index (χ1v) is 4.21. The predicted octanol–water partition coefficient (Wildman–Crippen LogP) is 1.39. The molecular formula is C10H10N2O2. The number of carbonyl (C=O) groups excluding carboxylic acids is 1. The van der Waals surface area contributed by atoms with Gasteiger partial charge in [-0.05, 0) is 6.07 Å². The van der Waals surface area contributed by atoms with Crippen molar-refractivity contribution in [2.45, 2.75) is 0 Å². The Hall–Kier alpha value is -1.84. The molecule has 0 bridgehead atoms. The van der Waals surface area contributed by atoms with Gasteiger partial charge in [0.2, 0.25) is 0 Å². The summed E-state index contributed by atoms with van der Waals surface area (Å²) in [6, 6.07) is 3.53. The van der Waals surface area contributed by atoms with Gasteiger partial charge in [-0.2, -0.15) is 5.10 Å². The fraction of sp³-hybridized carbons (Fsp3) is 0.200. The van der Waals surface area contributed by atoms with E-state index < -0.39 is 0 Å². The van der Waals surface area contributed by atoms with Gasteiger partial charge in [0, 0.05) is 24.7 Å². The third-order valence-electron chi connectivity index (χ3n) is 2.10. The second-order valence-electron chi connectivity index (χ2n) is 3.07. The van der Waals surface area contributed by atoms with Crippen molar-refractivity contribution in [3.8, 4) is 5.75 Å². The molecule has 1 heterocycles. The number of fused-ring (bicyclic) bond motifs is 1. The lowest BCUT2D eigenvalue weighted by Gasteiger charge is -2.01. The molecule has 4 heteroatoms. The minimum absolute atomic E-state index is 0.549. The zero-order chi connectivity index (χ0) is 10.1. The van der Waals surface area contributed by atoms with Gasteiger partial charge in [-0.3, -0.25) is 9.48 Å². The molecule has 14 heavy (non-hydrogen) atoms. The van der Waals surface area contributed by atoms with E-state index >= 15 is 0 Å². The van der Waals surface area contributed by atoms with Crippen molar-refractivity contribution in [3.63, 3.8) is 0 Å². The van der Waals surface area contributed by atoms with Crippen molar-refractivity contribution >= 4 is 17.2 Å². The predicted molar refractivity (Wildman–Crippen MR) is 52.7 cm³/mol. The van der Waals surface area contributed by atoms with Gasteiger partial charge in [0.05, 0.1) is 18.2 Å². The lowest BCUT2D eigenvalue weighted by molar-refractivity contribution is 0.112. The number of aryl methyl sites for hydroxylation is 1. The van der Waals surface area contributed by atoms with Gasteiger partial charge in [-0.15, -0.1) is 0 Å². The average molecular weight is 190 g/mol. The van der Waals surface area contributed by atoms with E-state index in [2.05, 4.69) is 5.10 Å². The van der Waals surface area contributed by atoms with E-state index in [1.54, 1.807) is 16.8 Å². The Labute approximate surface area is 81.1 Å². The second kappa shape index (κ2) is 3.14. The van der Waals surface area contributed by atoms with Crippen LogP contribution in [-0.2, 0) is 7.05 Å². The molecule has 0 radical (unpaired) electrons. The second-order valence-corrected chi connectivity index (χ2v) is 3.07. The number of hydrogen-bond donors (Lipinski definition) is 0. The monoisotopic (exact) mass is 190 g/mol. The lowest BCUT2D eigenvalue weighted by atomic mass is 10.1. The third kappa shape index (κ3) is 1.25. The molecule has 4 nitrogen and oxygen atoms in total. The lowest BCUT2D eigenvalue weighted by Crippen LogP contribution is -1.90. The molecule has 0 aliphatic carbocycles. The molecule has 1 aromatic carbocycles. The Morgan fingerprint density at radius 1 is 1.50 bits per heavy atom. The van der Waals surface area contributed by atoms with Gasteiger partial charge in [0.15, 0.2) is 6.29 Å². The maximum atomic E-state index is 10.7. The molecular weight excluding hydrogens is 180 g/mol. The SMILES string of the molecule is COc1cc2nn(C)cc2cc1C=O. The molecule has 0 N–H and O–H groups in total. The third-order valence-corrected chi connectivity index (χ3v) is 2.10. The van der Waals surface area contributed by atoms with Crippen molar-refractivity contribution in [1.82, 2.24) is 9.78 Å². The molecule has 2 rings (SSSR count). The number of ether oxygens (including phenoxy) is 1. The summed E-state index contributed by atoms with van der Waals surface area (Å²) in [6.45, 7) is 0. The molecule has 0 unspecified atom stereocenters. The number of methoxy groups -OCH3 is 1. The van der Waals surface area contributed by atoms with Crippen LogP contribution in [0.3, 0.4) is 0 Å². The molecule has 0 saturated carbocycles. The van der Waals surface area contributed by atoms with Crippen molar-refractivity contribution in [2.75, 3.05) is 7.11 Å². The van der Waals surface area contributed by atoms with Crippen molar-refractivity contribution < 1.29 is 9.53 Å². The van der Waals surface area contributed by atoms with Crippen LogP contribution >= 0.6 is 0 Å². The molecule has 0 spiro atoms. The molecule has 72 valence electrons. The smallest absolute Gasteiger partial charge is 0.153 e. The molecule has 0 aliphatic heterocycles. The Balaban J connectivity index is 2.74. The minimum atomic E-state index is 0.549. The van der Waals surface area contributed by atoms with Crippen LogP contribution in [0.5, 0.6) is 5.75 Å². The summed E-state index contributed by atoms with van der Waals surface area (Å²) >= 11 is 0. The van der Waals surface area contributed by atoms with Gasteiger partial charge in [-0.1, -0.05) is 0 Å². The molecule has 1 aromatic heterocycles. The van der Waals surface area contributed by atoms with Crippen molar-refractivity contribution in [3.05, 3.63) is 23.9 Å². The van der Waals surface area contributed by atoms with E-state index in [1.165, 1.54) is 7.11 Å². The molecule has 0 fully saturated rings. The summed E-state index contributed by atoms with van der Waals surface area (Å²) in [5, 5.41) is 5.16. The maximum Gasteiger partial charge on any atom is 0.153 e. The van der Waals surface area contributed by atoms with E-state index in [9.17, 15) is 4.79 Å². The summed E-state index contributed by atoms with van der Waals surface area (Å²) in [6.07, 6.45) is 2.65. The van der Waals surface area contributed by atoms with Crippen LogP contribution in [0.1, 0.15) is 10.4 Å². The fourth-order valence-electron chi connectivity index (χ4n) is 1.46. The first kappa shape index (κ1) is 8.74. The number of nitrogens with zero attached hydrogens (tertiary/aromatic N) is 2. The average Bonchev–Trinajstić information content (AvgIpc) is 2.54. The number of benzene rings is 1. The van der Waals surface area contributed by atoms with Crippen LogP contribution in [0.4, 0.5) is 0 Å². The van der Waals surface area contributed by atoms with Crippen LogP contribution in [0.15, 0.2) is 18.3 Å².